The van der Waals surface area contributed by atoms with Gasteiger partial charge in [0.2, 0.25) is 0 Å². The Labute approximate surface area is 270 Å². The van der Waals surface area contributed by atoms with Gasteiger partial charge >= 0.3 is 0 Å². The number of aromatic nitrogens is 3. The van der Waals surface area contributed by atoms with Gasteiger partial charge in [-0.15, -0.1) is 0 Å². The number of hydrogen-bond donors (Lipinski definition) is 1. The molecule has 0 bridgehead atoms. The van der Waals surface area contributed by atoms with Gasteiger partial charge in [-0.3, -0.25) is 9.69 Å². The van der Waals surface area contributed by atoms with Gasteiger partial charge in [0.25, 0.3) is 0 Å². The van der Waals surface area contributed by atoms with Crippen LogP contribution in [-0.4, -0.2) is 84.6 Å². The van der Waals surface area contributed by atoms with E-state index in [0.29, 0.717) is 49.6 Å². The molecule has 3 aromatic carbocycles. The summed E-state index contributed by atoms with van der Waals surface area (Å²) in [5.74, 6) is 0.855. The lowest BCUT2D eigenvalue weighted by Gasteiger charge is -2.28. The van der Waals surface area contributed by atoms with Gasteiger partial charge in [0.1, 0.15) is 17.5 Å². The number of fused-ring (bicyclic) bond motifs is 1. The van der Waals surface area contributed by atoms with E-state index in [4.69, 9.17) is 19.6 Å². The lowest BCUT2D eigenvalue weighted by atomic mass is 9.97. The number of hydrogen-bond acceptors (Lipinski definition) is 8. The number of benzene rings is 3. The van der Waals surface area contributed by atoms with E-state index in [2.05, 4.69) is 17.9 Å². The summed E-state index contributed by atoms with van der Waals surface area (Å²) in [5.41, 5.74) is 7.79. The second-order valence-electron chi connectivity index (χ2n) is 12.1. The first-order chi connectivity index (χ1) is 22.3. The van der Waals surface area contributed by atoms with Crippen molar-refractivity contribution in [1.29, 1.82) is 0 Å². The molecule has 1 aliphatic heterocycles. The van der Waals surface area contributed by atoms with Crippen LogP contribution >= 0.6 is 0 Å². The highest BCUT2D eigenvalue weighted by molar-refractivity contribution is 5.98. The number of morpholine rings is 1. The third kappa shape index (κ3) is 6.97. The smallest absolute Gasteiger partial charge is 0.167 e. The second kappa shape index (κ2) is 13.8. The molecule has 0 radical (unpaired) electrons. The van der Waals surface area contributed by atoms with Crippen molar-refractivity contribution >= 4 is 22.5 Å². The van der Waals surface area contributed by atoms with Crippen molar-refractivity contribution in [3.8, 4) is 17.0 Å². The first-order valence-corrected chi connectivity index (χ1v) is 15.7. The summed E-state index contributed by atoms with van der Waals surface area (Å²) in [4.78, 5) is 22.6. The molecule has 1 fully saturated rings. The summed E-state index contributed by atoms with van der Waals surface area (Å²) in [6, 6.07) is 25.7. The van der Waals surface area contributed by atoms with E-state index in [1.807, 2.05) is 96.5 Å². The highest BCUT2D eigenvalue weighted by atomic mass is 16.5. The van der Waals surface area contributed by atoms with E-state index in [1.165, 1.54) is 0 Å². The average Bonchev–Trinajstić information content (AvgIpc) is 3.44. The predicted molar refractivity (Wildman–Crippen MR) is 181 cm³/mol. The van der Waals surface area contributed by atoms with Crippen LogP contribution in [0.5, 0.6) is 5.75 Å². The average molecular weight is 620 g/mol. The second-order valence-corrected chi connectivity index (χ2v) is 12.1. The van der Waals surface area contributed by atoms with Crippen LogP contribution in [0.3, 0.4) is 0 Å². The number of rotatable bonds is 11. The molecule has 1 N–H and O–H groups in total. The largest absolute Gasteiger partial charge is 0.497 e. The summed E-state index contributed by atoms with van der Waals surface area (Å²) >= 11 is 0. The van der Waals surface area contributed by atoms with Crippen molar-refractivity contribution in [2.24, 2.45) is 0 Å². The minimum absolute atomic E-state index is 0.0679. The monoisotopic (exact) mass is 619 g/mol. The van der Waals surface area contributed by atoms with Gasteiger partial charge in [-0.2, -0.15) is 5.10 Å². The van der Waals surface area contributed by atoms with Crippen LogP contribution in [0.1, 0.15) is 38.8 Å². The molecule has 3 heterocycles. The molecule has 0 amide bonds. The van der Waals surface area contributed by atoms with Crippen LogP contribution in [0, 0.1) is 6.92 Å². The van der Waals surface area contributed by atoms with Crippen LogP contribution in [0.25, 0.3) is 22.3 Å². The van der Waals surface area contributed by atoms with Crippen molar-refractivity contribution in [2.45, 2.75) is 26.0 Å². The highest BCUT2D eigenvalue weighted by Gasteiger charge is 2.23. The van der Waals surface area contributed by atoms with Gasteiger partial charge in [-0.1, -0.05) is 36.4 Å². The number of ketones is 1. The van der Waals surface area contributed by atoms with Crippen molar-refractivity contribution < 1.29 is 19.4 Å². The molecular formula is C37H41N5O4. The zero-order valence-corrected chi connectivity index (χ0v) is 26.9. The van der Waals surface area contributed by atoms with E-state index in [0.717, 1.165) is 57.9 Å². The summed E-state index contributed by atoms with van der Waals surface area (Å²) in [5, 5.41) is 17.1. The molecule has 2 aromatic heterocycles. The van der Waals surface area contributed by atoms with Gasteiger partial charge in [-0.25, -0.2) is 9.67 Å². The molecule has 5 aromatic rings. The molecule has 0 saturated carbocycles. The molecule has 9 heteroatoms. The number of methoxy groups -OCH3 is 1. The zero-order valence-electron chi connectivity index (χ0n) is 26.9. The molecule has 9 nitrogen and oxygen atoms in total. The minimum Gasteiger partial charge on any atom is -0.497 e. The summed E-state index contributed by atoms with van der Waals surface area (Å²) in [7, 11) is 5.59. The molecule has 46 heavy (non-hydrogen) atoms. The third-order valence-corrected chi connectivity index (χ3v) is 8.59. The highest BCUT2D eigenvalue weighted by Crippen LogP contribution is 2.30. The quantitative estimate of drug-likeness (QED) is 0.199. The third-order valence-electron chi connectivity index (χ3n) is 8.59. The number of β-amino-alcohol motifs (C(OH)–C–C–N with tert-alkyl or cyclic N) is 1. The Bertz CT molecular complexity index is 1830. The molecule has 6 rings (SSSR count). The Hall–Kier alpha value is -4.57. The molecule has 1 atom stereocenters. The fourth-order valence-corrected chi connectivity index (χ4v) is 5.90. The standard InChI is InChI=1S/C37H41N5O4/c1-25-8-9-27(21-34(43)28-6-5-7-29(22-28)40(2)3)20-32(25)33-15-14-31-36(35(44)24-41-16-18-46-19-17-41)39-42(37(31)38-33)23-26-10-12-30(45-4)13-11-26/h5-15,20,22,35,44H,16-19,21,23-24H2,1-4H3. The van der Waals surface area contributed by atoms with E-state index < -0.39 is 6.10 Å². The van der Waals surface area contributed by atoms with E-state index >= 15 is 0 Å². The van der Waals surface area contributed by atoms with Crippen molar-refractivity contribution in [1.82, 2.24) is 19.7 Å². The molecule has 1 saturated heterocycles. The first-order valence-electron chi connectivity index (χ1n) is 15.7. The molecule has 238 valence electrons. The van der Waals surface area contributed by atoms with Crippen LogP contribution < -0.4 is 9.64 Å². The number of pyridine rings is 1. The zero-order chi connectivity index (χ0) is 32.2. The number of aliphatic hydroxyl groups excluding tert-OH is 1. The summed E-state index contributed by atoms with van der Waals surface area (Å²) in [6.07, 6.45) is -0.480. The van der Waals surface area contributed by atoms with Gasteiger partial charge in [0.15, 0.2) is 11.4 Å². The number of anilines is 1. The molecular weight excluding hydrogens is 578 g/mol. The first kappa shape index (κ1) is 31.4. The van der Waals surface area contributed by atoms with Gasteiger partial charge in [0.05, 0.1) is 32.6 Å². The number of carbonyl (C=O) groups is 1. The number of carbonyl (C=O) groups excluding carboxylic acids is 1. The number of aliphatic hydroxyl groups is 1. The fourth-order valence-electron chi connectivity index (χ4n) is 5.90. The van der Waals surface area contributed by atoms with Crippen LogP contribution in [0.15, 0.2) is 78.9 Å². The summed E-state index contributed by atoms with van der Waals surface area (Å²) in [6.45, 7) is 5.91. The van der Waals surface area contributed by atoms with Crippen molar-refractivity contribution in [2.75, 3.05) is 59.0 Å². The Morgan fingerprint density at radius 2 is 1.76 bits per heavy atom. The summed E-state index contributed by atoms with van der Waals surface area (Å²) < 4.78 is 12.7. The van der Waals surface area contributed by atoms with Crippen LogP contribution in [0.4, 0.5) is 5.69 Å². The predicted octanol–water partition coefficient (Wildman–Crippen LogP) is 5.32. The lowest BCUT2D eigenvalue weighted by Crippen LogP contribution is -2.38. The van der Waals surface area contributed by atoms with Crippen molar-refractivity contribution in [3.63, 3.8) is 0 Å². The Morgan fingerprint density at radius 3 is 2.50 bits per heavy atom. The number of nitrogens with zero attached hydrogens (tertiary/aromatic N) is 5. The SMILES string of the molecule is COc1ccc(Cn2nc(C(O)CN3CCOCC3)c3ccc(-c4cc(CC(=O)c5cccc(N(C)C)c5)ccc4C)nc32)cc1. The van der Waals surface area contributed by atoms with E-state index in [-0.39, 0.29) is 5.78 Å². The maximum atomic E-state index is 13.3. The molecule has 1 unspecified atom stereocenters. The van der Waals surface area contributed by atoms with Gasteiger partial charge in [0, 0.05) is 62.4 Å². The topological polar surface area (TPSA) is 92.9 Å². The van der Waals surface area contributed by atoms with E-state index in [1.54, 1.807) is 7.11 Å². The Kier molecular flexibility index (Phi) is 9.44. The number of Topliss-reactive ketones (excluding diaryl/α,β-unsaturated/α-hetero) is 1. The number of ether oxygens (including phenoxy) is 2. The normalized spacial score (nSPS) is 14.4. The fraction of sp³-hybridized carbons (Fsp3) is 0.324. The maximum Gasteiger partial charge on any atom is 0.167 e. The van der Waals surface area contributed by atoms with Gasteiger partial charge < -0.3 is 19.5 Å². The number of aryl methyl sites for hydroxylation is 1. The molecule has 0 aliphatic carbocycles. The maximum absolute atomic E-state index is 13.3. The molecule has 1 aliphatic rings. The lowest BCUT2D eigenvalue weighted by molar-refractivity contribution is 0.0137. The van der Waals surface area contributed by atoms with Crippen molar-refractivity contribution in [3.05, 3.63) is 107 Å². The van der Waals surface area contributed by atoms with E-state index in [9.17, 15) is 9.90 Å². The van der Waals surface area contributed by atoms with Crippen LogP contribution in [0.2, 0.25) is 0 Å². The Morgan fingerprint density at radius 1 is 1.00 bits per heavy atom. The Balaban J connectivity index is 1.34. The van der Waals surface area contributed by atoms with Gasteiger partial charge in [-0.05, 0) is 66.1 Å². The van der Waals surface area contributed by atoms with Crippen LogP contribution in [-0.2, 0) is 17.7 Å². The molecule has 0 spiro atoms. The minimum atomic E-state index is -0.771.